The summed E-state index contributed by atoms with van der Waals surface area (Å²) in [6.07, 6.45) is 1.90. The molecule has 1 aromatic rings. The normalized spacial score (nSPS) is 20.1. The molecular formula is C20H21NO7. The monoisotopic (exact) mass is 387 g/mol. The average Bonchev–Trinajstić information content (AvgIpc) is 2.92. The number of hydrogen-bond donors (Lipinski definition) is 2. The van der Waals surface area contributed by atoms with Crippen LogP contribution in [0.4, 0.5) is 0 Å². The Morgan fingerprint density at radius 3 is 2.54 bits per heavy atom. The second kappa shape index (κ2) is 6.70. The minimum atomic E-state index is -1.46. The molecule has 0 fully saturated rings. The molecule has 0 saturated heterocycles. The van der Waals surface area contributed by atoms with Gasteiger partial charge in [0.2, 0.25) is 0 Å². The highest BCUT2D eigenvalue weighted by Gasteiger charge is 2.55. The molecule has 3 rings (SSSR count). The van der Waals surface area contributed by atoms with E-state index in [2.05, 4.69) is 0 Å². The second-order valence-corrected chi connectivity index (χ2v) is 6.75. The molecule has 0 saturated carbocycles. The number of methoxy groups -OCH3 is 1. The van der Waals surface area contributed by atoms with Crippen molar-refractivity contribution in [2.75, 3.05) is 13.7 Å². The number of carbonyl (C=O) groups excluding carboxylic acids is 3. The van der Waals surface area contributed by atoms with E-state index in [1.54, 1.807) is 6.92 Å². The minimum Gasteiger partial charge on any atom is -0.507 e. The molecule has 148 valence electrons. The molecule has 8 heteroatoms. The van der Waals surface area contributed by atoms with Crippen LogP contribution >= 0.6 is 0 Å². The maximum atomic E-state index is 13.2. The molecule has 0 spiro atoms. The summed E-state index contributed by atoms with van der Waals surface area (Å²) in [6.45, 7) is 5.01. The number of Topliss-reactive ketones (excluding diaryl/α,β-unsaturated/α-hetero) is 2. The number of allylic oxidation sites excluding steroid dienone is 3. The van der Waals surface area contributed by atoms with Crippen LogP contribution in [-0.2, 0) is 15.0 Å². The topological polar surface area (TPSA) is 125 Å². The van der Waals surface area contributed by atoms with Gasteiger partial charge in [-0.3, -0.25) is 14.4 Å². The Hall–Kier alpha value is -3.29. The van der Waals surface area contributed by atoms with Gasteiger partial charge in [0.1, 0.15) is 39.6 Å². The first-order valence-corrected chi connectivity index (χ1v) is 8.75. The predicted octanol–water partition coefficient (Wildman–Crippen LogP) is 2.10. The van der Waals surface area contributed by atoms with E-state index in [-0.39, 0.29) is 39.7 Å². The number of amides is 1. The number of nitrogens with two attached hydrogens (primary N) is 1. The van der Waals surface area contributed by atoms with Crippen LogP contribution < -0.4 is 19.9 Å². The fourth-order valence-electron chi connectivity index (χ4n) is 3.55. The smallest absolute Gasteiger partial charge is 0.256 e. The van der Waals surface area contributed by atoms with E-state index >= 15 is 0 Å². The van der Waals surface area contributed by atoms with Crippen LogP contribution in [0.3, 0.4) is 0 Å². The van der Waals surface area contributed by atoms with Gasteiger partial charge in [0, 0.05) is 12.1 Å². The van der Waals surface area contributed by atoms with Gasteiger partial charge in [0.15, 0.2) is 17.3 Å². The van der Waals surface area contributed by atoms with Gasteiger partial charge < -0.3 is 25.1 Å². The fraction of sp³-hybridized carbons (Fsp3) is 0.350. The third-order valence-corrected chi connectivity index (χ3v) is 4.90. The fourth-order valence-corrected chi connectivity index (χ4v) is 3.55. The highest BCUT2D eigenvalue weighted by molar-refractivity contribution is 6.25. The molecule has 0 aromatic heterocycles. The van der Waals surface area contributed by atoms with Crippen LogP contribution in [0.15, 0.2) is 29.2 Å². The summed E-state index contributed by atoms with van der Waals surface area (Å²) in [7, 11) is 1.37. The Morgan fingerprint density at radius 1 is 1.32 bits per heavy atom. The van der Waals surface area contributed by atoms with E-state index in [0.29, 0.717) is 13.0 Å². The Labute approximate surface area is 161 Å². The molecule has 0 bridgehead atoms. The summed E-state index contributed by atoms with van der Waals surface area (Å²) in [5.41, 5.74) is 3.97. The van der Waals surface area contributed by atoms with Crippen LogP contribution in [0.5, 0.6) is 17.2 Å². The van der Waals surface area contributed by atoms with Crippen molar-refractivity contribution in [3.05, 3.63) is 40.4 Å². The molecule has 0 unspecified atom stereocenters. The van der Waals surface area contributed by atoms with Gasteiger partial charge in [0.05, 0.1) is 19.3 Å². The molecule has 3 N–H and O–H groups in total. The molecule has 28 heavy (non-hydrogen) atoms. The van der Waals surface area contributed by atoms with Crippen molar-refractivity contribution < 1.29 is 33.7 Å². The van der Waals surface area contributed by atoms with E-state index < -0.39 is 28.6 Å². The number of hydrogen-bond acceptors (Lipinski definition) is 7. The van der Waals surface area contributed by atoms with Gasteiger partial charge in [-0.25, -0.2) is 0 Å². The highest BCUT2D eigenvalue weighted by atomic mass is 16.5. The SMILES string of the molecule is CCCOc1cc(OC)c(C(N)=O)c2c1[C@]1(C)C(=O)C(C(C)=O)=C(O)C=C1O2. The number of aliphatic hydroxyl groups excluding tert-OH is 1. The van der Waals surface area contributed by atoms with E-state index in [4.69, 9.17) is 19.9 Å². The van der Waals surface area contributed by atoms with Crippen molar-refractivity contribution in [3.63, 3.8) is 0 Å². The lowest BCUT2D eigenvalue weighted by atomic mass is 9.71. The van der Waals surface area contributed by atoms with Crippen molar-refractivity contribution in [3.8, 4) is 17.2 Å². The van der Waals surface area contributed by atoms with Crippen molar-refractivity contribution in [1.29, 1.82) is 0 Å². The zero-order valence-corrected chi connectivity index (χ0v) is 16.0. The molecule has 1 heterocycles. The minimum absolute atomic E-state index is 0.0256. The first kappa shape index (κ1) is 19.5. The number of aliphatic hydroxyl groups is 1. The molecule has 0 radical (unpaired) electrons. The average molecular weight is 387 g/mol. The Kier molecular flexibility index (Phi) is 4.66. The molecule has 1 atom stereocenters. The van der Waals surface area contributed by atoms with Crippen LogP contribution in [0.25, 0.3) is 0 Å². The Bertz CT molecular complexity index is 973. The number of fused-ring (bicyclic) bond motifs is 3. The summed E-state index contributed by atoms with van der Waals surface area (Å²) in [4.78, 5) is 37.3. The largest absolute Gasteiger partial charge is 0.507 e. The van der Waals surface area contributed by atoms with Crippen molar-refractivity contribution >= 4 is 17.5 Å². The second-order valence-electron chi connectivity index (χ2n) is 6.75. The van der Waals surface area contributed by atoms with Crippen LogP contribution in [0.2, 0.25) is 0 Å². The lowest BCUT2D eigenvalue weighted by molar-refractivity contribution is -0.123. The summed E-state index contributed by atoms with van der Waals surface area (Å²) < 4.78 is 16.9. The van der Waals surface area contributed by atoms with Crippen LogP contribution in [0.1, 0.15) is 43.1 Å². The lowest BCUT2D eigenvalue weighted by Gasteiger charge is -2.28. The lowest BCUT2D eigenvalue weighted by Crippen LogP contribution is -2.39. The molecule has 1 amide bonds. The van der Waals surface area contributed by atoms with E-state index in [1.165, 1.54) is 26.2 Å². The summed E-state index contributed by atoms with van der Waals surface area (Å²) in [6, 6.07) is 1.48. The number of ketones is 2. The van der Waals surface area contributed by atoms with Gasteiger partial charge in [-0.05, 0) is 20.3 Å². The molecular weight excluding hydrogens is 366 g/mol. The third kappa shape index (κ3) is 2.56. The first-order chi connectivity index (χ1) is 13.2. The van der Waals surface area contributed by atoms with Gasteiger partial charge in [-0.2, -0.15) is 0 Å². The molecule has 1 aliphatic carbocycles. The number of ether oxygens (including phenoxy) is 3. The molecule has 8 nitrogen and oxygen atoms in total. The van der Waals surface area contributed by atoms with Crippen LogP contribution in [0, 0.1) is 0 Å². The maximum absolute atomic E-state index is 13.2. The van der Waals surface area contributed by atoms with Crippen molar-refractivity contribution in [2.45, 2.75) is 32.6 Å². The van der Waals surface area contributed by atoms with Gasteiger partial charge in [-0.15, -0.1) is 0 Å². The number of primary amides is 1. The van der Waals surface area contributed by atoms with E-state index in [0.717, 1.165) is 0 Å². The standard InChI is InChI=1S/C20H21NO7/c1-5-6-27-12-8-11(26-4)15(19(21)25)17-16(12)20(3)13(28-17)7-10(23)14(9(2)22)18(20)24/h7-8,23H,5-6H2,1-4H3,(H2,21,25)/t20-/m1/s1. The summed E-state index contributed by atoms with van der Waals surface area (Å²) in [5, 5.41) is 10.2. The third-order valence-electron chi connectivity index (χ3n) is 4.90. The first-order valence-electron chi connectivity index (χ1n) is 8.75. The van der Waals surface area contributed by atoms with Gasteiger partial charge >= 0.3 is 0 Å². The zero-order chi connectivity index (χ0) is 20.8. The number of rotatable bonds is 6. The predicted molar refractivity (Wildman–Crippen MR) is 98.7 cm³/mol. The van der Waals surface area contributed by atoms with E-state index in [9.17, 15) is 19.5 Å². The van der Waals surface area contributed by atoms with Gasteiger partial charge in [0.25, 0.3) is 5.91 Å². The van der Waals surface area contributed by atoms with E-state index in [1.807, 2.05) is 6.92 Å². The number of benzene rings is 1. The maximum Gasteiger partial charge on any atom is 0.256 e. The zero-order valence-electron chi connectivity index (χ0n) is 16.0. The summed E-state index contributed by atoms with van der Waals surface area (Å²) in [5.74, 6) is -2.00. The highest BCUT2D eigenvalue weighted by Crippen LogP contribution is 2.56. The van der Waals surface area contributed by atoms with Crippen molar-refractivity contribution in [1.82, 2.24) is 0 Å². The molecule has 1 aliphatic heterocycles. The Balaban J connectivity index is 2.35. The molecule has 1 aromatic carbocycles. The quantitative estimate of drug-likeness (QED) is 0.716. The molecule has 2 aliphatic rings. The van der Waals surface area contributed by atoms with Crippen molar-refractivity contribution in [2.24, 2.45) is 5.73 Å². The van der Waals surface area contributed by atoms with Crippen LogP contribution in [-0.4, -0.2) is 36.3 Å². The summed E-state index contributed by atoms with van der Waals surface area (Å²) >= 11 is 0. The Morgan fingerprint density at radius 2 is 2.00 bits per heavy atom. The van der Waals surface area contributed by atoms with Gasteiger partial charge in [-0.1, -0.05) is 6.92 Å². The number of carbonyl (C=O) groups is 3.